The Labute approximate surface area is 291 Å². The zero-order valence-corrected chi connectivity index (χ0v) is 29.7. The molecule has 3 fully saturated rings. The fourth-order valence-corrected chi connectivity index (χ4v) is 11.8. The van der Waals surface area contributed by atoms with Crippen molar-refractivity contribution in [1.29, 1.82) is 0 Å². The molecule has 0 aromatic rings. The van der Waals surface area contributed by atoms with Crippen molar-refractivity contribution in [3.05, 3.63) is 106 Å². The van der Waals surface area contributed by atoms with Gasteiger partial charge in [0.15, 0.2) is 0 Å². The van der Waals surface area contributed by atoms with Crippen LogP contribution in [0.5, 0.6) is 0 Å². The van der Waals surface area contributed by atoms with Crippen molar-refractivity contribution in [1.82, 2.24) is 9.80 Å². The Bertz CT molecular complexity index is 1520. The molecule has 0 amide bonds. The standard InChI is InChI=1S/C46H60N2/c1-4-13-33(14-5-1)35-23-27-38(28-24-35)47(39-29-25-36(26-30-39)34-15-6-2-7-16-34)44-22-12-20-42-41(44)31-32-43-40-19-10-11-21-45(40)48(46(42)43)37-17-8-3-9-18-37/h1,4,13,19,21,23,25-27,29,34,37,39,43-44,46H,2-3,5-12,14-18,20,22,24,28,30-32H2. The summed E-state index contributed by atoms with van der Waals surface area (Å²) in [4.78, 5) is 6.06. The van der Waals surface area contributed by atoms with Crippen molar-refractivity contribution in [2.75, 3.05) is 0 Å². The fraction of sp³-hybridized carbons (Fsp3) is 0.609. The summed E-state index contributed by atoms with van der Waals surface area (Å²) in [6.45, 7) is 0. The number of rotatable bonds is 6. The minimum Gasteiger partial charge on any atom is -0.361 e. The third kappa shape index (κ3) is 5.82. The molecule has 0 spiro atoms. The van der Waals surface area contributed by atoms with E-state index in [-0.39, 0.29) is 0 Å². The first-order valence-corrected chi connectivity index (χ1v) is 20.7. The van der Waals surface area contributed by atoms with Crippen molar-refractivity contribution in [3.63, 3.8) is 0 Å². The van der Waals surface area contributed by atoms with Gasteiger partial charge in [-0.2, -0.15) is 0 Å². The summed E-state index contributed by atoms with van der Waals surface area (Å²) in [6.07, 6.45) is 54.7. The van der Waals surface area contributed by atoms with Gasteiger partial charge in [-0.3, -0.25) is 0 Å². The maximum absolute atomic E-state index is 3.05. The molecule has 0 aromatic carbocycles. The number of hydrogen-bond donors (Lipinski definition) is 0. The molecule has 9 aliphatic rings. The van der Waals surface area contributed by atoms with Crippen LogP contribution in [0, 0.1) is 11.8 Å². The molecule has 2 saturated carbocycles. The number of nitrogens with zero attached hydrogens (tertiary/aromatic N) is 2. The molecule has 2 heteroatoms. The number of fused-ring (bicyclic) bond motifs is 4. The van der Waals surface area contributed by atoms with Crippen molar-refractivity contribution in [2.24, 2.45) is 11.8 Å². The van der Waals surface area contributed by atoms with E-state index in [1.165, 1.54) is 141 Å². The van der Waals surface area contributed by atoms with E-state index in [4.69, 9.17) is 0 Å². The van der Waals surface area contributed by atoms with Crippen LogP contribution in [0.15, 0.2) is 106 Å². The Morgan fingerprint density at radius 2 is 1.48 bits per heavy atom. The van der Waals surface area contributed by atoms with Gasteiger partial charge >= 0.3 is 0 Å². The lowest BCUT2D eigenvalue weighted by atomic mass is 9.70. The average molecular weight is 641 g/mol. The number of likely N-dealkylation sites (tertiary alicyclic amines) is 1. The summed E-state index contributed by atoms with van der Waals surface area (Å²) in [5, 5.41) is 0. The van der Waals surface area contributed by atoms with E-state index in [0.717, 1.165) is 17.9 Å². The lowest BCUT2D eigenvalue weighted by Crippen LogP contribution is -2.49. The summed E-state index contributed by atoms with van der Waals surface area (Å²) in [5.74, 6) is 1.54. The molecule has 9 rings (SSSR count). The maximum atomic E-state index is 3.05. The minimum absolute atomic E-state index is 0.482. The zero-order chi connectivity index (χ0) is 31.9. The Balaban J connectivity index is 1.07. The van der Waals surface area contributed by atoms with Gasteiger partial charge in [0.25, 0.3) is 0 Å². The van der Waals surface area contributed by atoms with Gasteiger partial charge < -0.3 is 9.80 Å². The Morgan fingerprint density at radius 3 is 2.25 bits per heavy atom. The molecule has 4 unspecified atom stereocenters. The van der Waals surface area contributed by atoms with Crippen molar-refractivity contribution < 1.29 is 0 Å². The lowest BCUT2D eigenvalue weighted by Gasteiger charge is -2.49. The van der Waals surface area contributed by atoms with E-state index in [1.807, 2.05) is 11.1 Å². The molecular formula is C46H60N2. The zero-order valence-electron chi connectivity index (χ0n) is 29.7. The predicted octanol–water partition coefficient (Wildman–Crippen LogP) is 11.9. The quantitative estimate of drug-likeness (QED) is 0.267. The Kier molecular flexibility index (Phi) is 9.04. The van der Waals surface area contributed by atoms with E-state index < -0.39 is 0 Å². The monoisotopic (exact) mass is 640 g/mol. The highest BCUT2D eigenvalue weighted by molar-refractivity contribution is 5.49. The normalized spacial score (nSPS) is 32.7. The molecule has 1 saturated heterocycles. The van der Waals surface area contributed by atoms with Crippen LogP contribution in [0.2, 0.25) is 0 Å². The molecule has 0 aromatic heterocycles. The first kappa shape index (κ1) is 31.3. The second-order valence-corrected chi connectivity index (χ2v) is 16.7. The summed E-state index contributed by atoms with van der Waals surface area (Å²) < 4.78 is 0. The van der Waals surface area contributed by atoms with Crippen LogP contribution in [-0.2, 0) is 0 Å². The van der Waals surface area contributed by atoms with Crippen LogP contribution in [0.3, 0.4) is 0 Å². The van der Waals surface area contributed by atoms with Gasteiger partial charge in [0, 0.05) is 23.4 Å². The molecule has 8 aliphatic carbocycles. The molecule has 0 N–H and O–H groups in total. The van der Waals surface area contributed by atoms with Crippen LogP contribution in [-0.4, -0.2) is 34.0 Å². The SMILES string of the molecule is C1=CCCC(C2=CC=C(N(C3C=CC(C4CCCCC4)=CC3)C3CCCC4=C3CCC3C5=CCCC=C5N(C5CCCCC5)C43)CC2)=C1. The minimum atomic E-state index is 0.482. The van der Waals surface area contributed by atoms with E-state index in [9.17, 15) is 0 Å². The highest BCUT2D eigenvalue weighted by Gasteiger charge is 2.50. The van der Waals surface area contributed by atoms with Crippen molar-refractivity contribution in [2.45, 2.75) is 165 Å². The van der Waals surface area contributed by atoms with Gasteiger partial charge in [0.1, 0.15) is 0 Å². The van der Waals surface area contributed by atoms with Gasteiger partial charge in [-0.15, -0.1) is 0 Å². The third-order valence-electron chi connectivity index (χ3n) is 14.1. The topological polar surface area (TPSA) is 6.48 Å². The molecular weight excluding hydrogens is 581 g/mol. The van der Waals surface area contributed by atoms with E-state index in [1.54, 1.807) is 33.7 Å². The molecule has 48 heavy (non-hydrogen) atoms. The van der Waals surface area contributed by atoms with Crippen molar-refractivity contribution in [3.8, 4) is 0 Å². The summed E-state index contributed by atoms with van der Waals surface area (Å²) in [5.41, 5.74) is 13.6. The molecule has 1 heterocycles. The van der Waals surface area contributed by atoms with Gasteiger partial charge in [-0.1, -0.05) is 93.2 Å². The second-order valence-electron chi connectivity index (χ2n) is 16.7. The van der Waals surface area contributed by atoms with Crippen LogP contribution >= 0.6 is 0 Å². The largest absolute Gasteiger partial charge is 0.361 e. The highest BCUT2D eigenvalue weighted by atomic mass is 15.2. The average Bonchev–Trinajstić information content (AvgIpc) is 3.52. The van der Waals surface area contributed by atoms with Gasteiger partial charge in [0.2, 0.25) is 0 Å². The molecule has 0 bridgehead atoms. The van der Waals surface area contributed by atoms with Gasteiger partial charge in [-0.05, 0) is 148 Å². The van der Waals surface area contributed by atoms with E-state index >= 15 is 0 Å². The molecule has 254 valence electrons. The summed E-state index contributed by atoms with van der Waals surface area (Å²) >= 11 is 0. The highest BCUT2D eigenvalue weighted by Crippen LogP contribution is 2.55. The Hall–Kier alpha value is -2.74. The first-order valence-electron chi connectivity index (χ1n) is 20.7. The van der Waals surface area contributed by atoms with Crippen LogP contribution in [0.1, 0.15) is 141 Å². The Morgan fingerprint density at radius 1 is 0.646 bits per heavy atom. The predicted molar refractivity (Wildman–Crippen MR) is 201 cm³/mol. The van der Waals surface area contributed by atoms with Gasteiger partial charge in [0.05, 0.1) is 18.1 Å². The smallest absolute Gasteiger partial charge is 0.0578 e. The third-order valence-corrected chi connectivity index (χ3v) is 14.1. The lowest BCUT2D eigenvalue weighted by molar-refractivity contribution is 0.146. The van der Waals surface area contributed by atoms with E-state index in [0.29, 0.717) is 18.1 Å². The molecule has 2 nitrogen and oxygen atoms in total. The molecule has 4 atom stereocenters. The first-order chi connectivity index (χ1) is 23.8. The fourth-order valence-electron chi connectivity index (χ4n) is 11.8. The second kappa shape index (κ2) is 13.9. The number of hydrogen-bond acceptors (Lipinski definition) is 2. The molecule has 1 aliphatic heterocycles. The van der Waals surface area contributed by atoms with Crippen LogP contribution in [0.25, 0.3) is 0 Å². The van der Waals surface area contributed by atoms with Crippen LogP contribution in [0.4, 0.5) is 0 Å². The maximum Gasteiger partial charge on any atom is 0.0578 e. The molecule has 0 radical (unpaired) electrons. The van der Waals surface area contributed by atoms with E-state index in [2.05, 4.69) is 70.6 Å². The number of allylic oxidation sites excluding steroid dienone is 13. The van der Waals surface area contributed by atoms with Crippen molar-refractivity contribution >= 4 is 0 Å². The summed E-state index contributed by atoms with van der Waals surface area (Å²) in [6, 6.07) is 2.43. The van der Waals surface area contributed by atoms with Crippen LogP contribution < -0.4 is 0 Å². The summed E-state index contributed by atoms with van der Waals surface area (Å²) in [7, 11) is 0. The van der Waals surface area contributed by atoms with Gasteiger partial charge in [-0.25, -0.2) is 0 Å².